The monoisotopic (exact) mass is 323 g/mol. The van der Waals surface area contributed by atoms with Gasteiger partial charge in [-0.3, -0.25) is 0 Å². The molecule has 4 nitrogen and oxygen atoms in total. The fourth-order valence-corrected chi connectivity index (χ4v) is 2.62. The Hall–Kier alpha value is -2.72. The first-order chi connectivity index (χ1) is 11.8. The third-order valence-corrected chi connectivity index (χ3v) is 3.90. The number of phenols is 1. The fourth-order valence-electron chi connectivity index (χ4n) is 2.62. The number of rotatable bonds is 3. The molecule has 2 heterocycles. The van der Waals surface area contributed by atoms with Gasteiger partial charge in [0.25, 0.3) is 0 Å². The molecule has 1 aromatic heterocycles. The van der Waals surface area contributed by atoms with Crippen LogP contribution < -0.4 is 10.1 Å². The summed E-state index contributed by atoms with van der Waals surface area (Å²) in [7, 11) is 0. The number of nitrogens with one attached hydrogen (secondary N) is 1. The summed E-state index contributed by atoms with van der Waals surface area (Å²) in [6.45, 7) is 2.19. The van der Waals surface area contributed by atoms with Crippen LogP contribution in [0.2, 0.25) is 0 Å². The molecule has 0 bridgehead atoms. The first kappa shape index (κ1) is 16.1. The maximum Gasteiger partial charge on any atom is 0.165 e. The van der Waals surface area contributed by atoms with Gasteiger partial charge in [0.15, 0.2) is 5.75 Å². The number of hydrogen-bond donors (Lipinski definition) is 2. The van der Waals surface area contributed by atoms with Crippen LogP contribution in [0.3, 0.4) is 0 Å². The second-order valence-electron chi connectivity index (χ2n) is 5.66. The number of benzene rings is 2. The lowest BCUT2D eigenvalue weighted by Crippen LogP contribution is -2.07. The van der Waals surface area contributed by atoms with Crippen LogP contribution in [0.25, 0.3) is 0 Å². The van der Waals surface area contributed by atoms with Gasteiger partial charge in [-0.1, -0.05) is 30.3 Å². The molecule has 124 valence electrons. The molecular weight excluding hydrogens is 302 g/mol. The first-order valence-corrected chi connectivity index (χ1v) is 8.06. The Morgan fingerprint density at radius 3 is 2.38 bits per heavy atom. The van der Waals surface area contributed by atoms with Crippen LogP contribution in [0.15, 0.2) is 77.6 Å². The van der Waals surface area contributed by atoms with Crippen LogP contribution >= 0.6 is 0 Å². The Balaban J connectivity index is 0.000000141. The lowest BCUT2D eigenvalue weighted by atomic mass is 9.99. The zero-order valence-corrected chi connectivity index (χ0v) is 13.4. The van der Waals surface area contributed by atoms with Crippen LogP contribution in [0, 0.1) is 0 Å². The minimum absolute atomic E-state index is 0.352. The summed E-state index contributed by atoms with van der Waals surface area (Å²) in [5, 5.41) is 12.4. The molecule has 0 radical (unpaired) electrons. The third kappa shape index (κ3) is 4.64. The molecule has 2 aromatic carbocycles. The van der Waals surface area contributed by atoms with Gasteiger partial charge in [0, 0.05) is 12.6 Å². The van der Waals surface area contributed by atoms with Gasteiger partial charge < -0.3 is 19.6 Å². The molecule has 1 aliphatic rings. The van der Waals surface area contributed by atoms with Gasteiger partial charge in [-0.15, -0.1) is 0 Å². The summed E-state index contributed by atoms with van der Waals surface area (Å²) in [4.78, 5) is 0. The molecule has 4 heteroatoms. The molecule has 0 spiro atoms. The predicted octanol–water partition coefficient (Wildman–Crippen LogP) is 4.54. The number of aromatic hydroxyl groups is 1. The van der Waals surface area contributed by atoms with Crippen molar-refractivity contribution in [1.82, 2.24) is 5.32 Å². The van der Waals surface area contributed by atoms with Crippen molar-refractivity contribution in [3.8, 4) is 17.2 Å². The van der Waals surface area contributed by atoms with Crippen molar-refractivity contribution in [2.45, 2.75) is 12.3 Å². The SMILES string of the molecule is Oc1ccc(C2CCNC2)cc1.c1ccc(Oc2ccoc2)cc1. The minimum Gasteiger partial charge on any atom is -0.508 e. The van der Waals surface area contributed by atoms with Crippen molar-refractivity contribution in [2.75, 3.05) is 13.1 Å². The van der Waals surface area contributed by atoms with E-state index >= 15 is 0 Å². The minimum atomic E-state index is 0.352. The van der Waals surface area contributed by atoms with E-state index in [1.807, 2.05) is 42.5 Å². The van der Waals surface area contributed by atoms with Crippen molar-refractivity contribution in [1.29, 1.82) is 0 Å². The molecule has 0 aliphatic carbocycles. The van der Waals surface area contributed by atoms with E-state index < -0.39 is 0 Å². The second-order valence-corrected chi connectivity index (χ2v) is 5.66. The molecular formula is C20H21NO3. The molecule has 24 heavy (non-hydrogen) atoms. The van der Waals surface area contributed by atoms with Crippen molar-refractivity contribution in [2.24, 2.45) is 0 Å². The van der Waals surface area contributed by atoms with Gasteiger partial charge in [-0.2, -0.15) is 0 Å². The quantitative estimate of drug-likeness (QED) is 0.743. The summed E-state index contributed by atoms with van der Waals surface area (Å²) in [5.41, 5.74) is 1.33. The van der Waals surface area contributed by atoms with Crippen molar-refractivity contribution in [3.05, 3.63) is 78.8 Å². The summed E-state index contributed by atoms with van der Waals surface area (Å²) in [6.07, 6.45) is 4.36. The average molecular weight is 323 g/mol. The third-order valence-electron chi connectivity index (χ3n) is 3.90. The molecule has 1 atom stereocenters. The molecule has 1 fully saturated rings. The van der Waals surface area contributed by atoms with Crippen LogP contribution in [0.4, 0.5) is 0 Å². The van der Waals surface area contributed by atoms with Crippen molar-refractivity contribution in [3.63, 3.8) is 0 Å². The van der Waals surface area contributed by atoms with Crippen LogP contribution in [0.1, 0.15) is 17.9 Å². The lowest BCUT2D eigenvalue weighted by Gasteiger charge is -2.07. The smallest absolute Gasteiger partial charge is 0.165 e. The zero-order chi connectivity index (χ0) is 16.6. The Morgan fingerprint density at radius 1 is 0.958 bits per heavy atom. The molecule has 2 N–H and O–H groups in total. The highest BCUT2D eigenvalue weighted by molar-refractivity contribution is 5.29. The summed E-state index contributed by atoms with van der Waals surface area (Å²) in [5.74, 6) is 2.54. The largest absolute Gasteiger partial charge is 0.508 e. The van der Waals surface area contributed by atoms with Crippen molar-refractivity contribution < 1.29 is 14.3 Å². The van der Waals surface area contributed by atoms with Crippen LogP contribution in [0.5, 0.6) is 17.2 Å². The number of furan rings is 1. The fraction of sp³-hybridized carbons (Fsp3) is 0.200. The number of hydrogen-bond acceptors (Lipinski definition) is 4. The topological polar surface area (TPSA) is 54.6 Å². The van der Waals surface area contributed by atoms with E-state index in [9.17, 15) is 0 Å². The van der Waals surface area contributed by atoms with Gasteiger partial charge in [0.05, 0.1) is 6.26 Å². The molecule has 3 aromatic rings. The second kappa shape index (κ2) is 8.22. The number of phenolic OH excluding ortho intramolecular Hbond substituents is 1. The molecule has 0 saturated carbocycles. The van der Waals surface area contributed by atoms with E-state index in [2.05, 4.69) is 5.32 Å². The van der Waals surface area contributed by atoms with Gasteiger partial charge >= 0.3 is 0 Å². The summed E-state index contributed by atoms with van der Waals surface area (Å²) in [6, 6.07) is 18.9. The van der Waals surface area contributed by atoms with Gasteiger partial charge in [0.1, 0.15) is 17.8 Å². The molecule has 4 rings (SSSR count). The van der Waals surface area contributed by atoms with Crippen molar-refractivity contribution >= 4 is 0 Å². The highest BCUT2D eigenvalue weighted by Gasteiger charge is 2.15. The Kier molecular flexibility index (Phi) is 5.53. The normalized spacial score (nSPS) is 16.2. The molecule has 1 aliphatic heterocycles. The lowest BCUT2D eigenvalue weighted by molar-refractivity contribution is 0.466. The van der Waals surface area contributed by atoms with Gasteiger partial charge in [-0.25, -0.2) is 0 Å². The van der Waals surface area contributed by atoms with E-state index in [1.54, 1.807) is 30.7 Å². The molecule has 0 amide bonds. The Bertz CT molecular complexity index is 702. The number of para-hydroxylation sites is 1. The highest BCUT2D eigenvalue weighted by Crippen LogP contribution is 2.23. The van der Waals surface area contributed by atoms with Crippen LogP contribution in [-0.2, 0) is 0 Å². The average Bonchev–Trinajstić information content (AvgIpc) is 3.31. The summed E-state index contributed by atoms with van der Waals surface area (Å²) < 4.78 is 10.3. The van der Waals surface area contributed by atoms with E-state index in [0.717, 1.165) is 24.6 Å². The predicted molar refractivity (Wildman–Crippen MR) is 93.6 cm³/mol. The van der Waals surface area contributed by atoms with Gasteiger partial charge in [-0.05, 0) is 48.7 Å². The standard InChI is InChI=1S/C10H13NO.C10H8O2/c12-10-3-1-8(2-4-10)9-5-6-11-7-9;1-2-4-9(5-3-1)12-10-6-7-11-8-10/h1-4,9,11-12H,5-7H2;1-8H. The maximum absolute atomic E-state index is 9.08. The Labute approximate surface area is 141 Å². The highest BCUT2D eigenvalue weighted by atomic mass is 16.5. The maximum atomic E-state index is 9.08. The zero-order valence-electron chi connectivity index (χ0n) is 13.4. The number of ether oxygens (including phenoxy) is 1. The van der Waals surface area contributed by atoms with E-state index in [0.29, 0.717) is 11.7 Å². The van der Waals surface area contributed by atoms with E-state index in [-0.39, 0.29) is 0 Å². The Morgan fingerprint density at radius 2 is 1.75 bits per heavy atom. The molecule has 1 unspecified atom stereocenters. The van der Waals surface area contributed by atoms with Crippen LogP contribution in [-0.4, -0.2) is 18.2 Å². The molecule has 1 saturated heterocycles. The summed E-state index contributed by atoms with van der Waals surface area (Å²) >= 11 is 0. The first-order valence-electron chi connectivity index (χ1n) is 8.06. The van der Waals surface area contributed by atoms with Gasteiger partial charge in [0.2, 0.25) is 0 Å². The van der Waals surface area contributed by atoms with E-state index in [1.165, 1.54) is 12.0 Å². The van der Waals surface area contributed by atoms with E-state index in [4.69, 9.17) is 14.3 Å².